The summed E-state index contributed by atoms with van der Waals surface area (Å²) in [5.74, 6) is 0. The van der Waals surface area contributed by atoms with Crippen LogP contribution in [0.4, 0.5) is 5.69 Å². The van der Waals surface area contributed by atoms with E-state index in [2.05, 4.69) is 29.3 Å². The lowest BCUT2D eigenvalue weighted by atomic mass is 10.1. The van der Waals surface area contributed by atoms with Crippen LogP contribution < -0.4 is 10.2 Å². The molecule has 1 aliphatic heterocycles. The number of benzene rings is 1. The molecule has 94 valence electrons. The standard InChI is InChI=1S/C15H19N3/c1-12-9-17-10-15(5-6-15)11-18(12)14-4-2-3-13(7-14)8-16/h2-4,7,12,17H,5-6,9-11H2,1H3. The number of rotatable bonds is 1. The van der Waals surface area contributed by atoms with Gasteiger partial charge in [0.2, 0.25) is 0 Å². The summed E-state index contributed by atoms with van der Waals surface area (Å²) in [6.45, 7) is 5.55. The van der Waals surface area contributed by atoms with E-state index in [1.165, 1.54) is 18.5 Å². The molecule has 1 heterocycles. The predicted molar refractivity (Wildman–Crippen MR) is 72.5 cm³/mol. The highest BCUT2D eigenvalue weighted by atomic mass is 15.2. The summed E-state index contributed by atoms with van der Waals surface area (Å²) < 4.78 is 0. The fourth-order valence-electron chi connectivity index (χ4n) is 2.84. The highest BCUT2D eigenvalue weighted by Gasteiger charge is 2.45. The topological polar surface area (TPSA) is 39.1 Å². The monoisotopic (exact) mass is 241 g/mol. The molecule has 18 heavy (non-hydrogen) atoms. The SMILES string of the molecule is CC1CNCC2(CC2)CN1c1cccc(C#N)c1. The predicted octanol–water partition coefficient (Wildman–Crippen LogP) is 2.14. The Hall–Kier alpha value is -1.53. The molecule has 2 aliphatic rings. The van der Waals surface area contributed by atoms with Crippen molar-refractivity contribution < 1.29 is 0 Å². The normalized spacial score (nSPS) is 25.6. The minimum atomic E-state index is 0.485. The molecule has 1 unspecified atom stereocenters. The maximum absolute atomic E-state index is 9.02. The lowest BCUT2D eigenvalue weighted by Gasteiger charge is -2.31. The lowest BCUT2D eigenvalue weighted by Crippen LogP contribution is -2.38. The van der Waals surface area contributed by atoms with Crippen molar-refractivity contribution in [2.75, 3.05) is 24.5 Å². The van der Waals surface area contributed by atoms with E-state index in [1.807, 2.05) is 18.2 Å². The number of nitrogens with zero attached hydrogens (tertiary/aromatic N) is 2. The Morgan fingerprint density at radius 3 is 3.00 bits per heavy atom. The highest BCUT2D eigenvalue weighted by Crippen LogP contribution is 2.47. The molecular formula is C15H19N3. The fourth-order valence-corrected chi connectivity index (χ4v) is 2.84. The van der Waals surface area contributed by atoms with Gasteiger partial charge in [0.15, 0.2) is 0 Å². The first-order valence-electron chi connectivity index (χ1n) is 6.70. The fraction of sp³-hybridized carbons (Fsp3) is 0.533. The minimum Gasteiger partial charge on any atom is -0.367 e. The lowest BCUT2D eigenvalue weighted by molar-refractivity contribution is 0.500. The third kappa shape index (κ3) is 2.09. The second kappa shape index (κ2) is 4.29. The summed E-state index contributed by atoms with van der Waals surface area (Å²) in [6.07, 6.45) is 2.67. The average molecular weight is 241 g/mol. The zero-order valence-corrected chi connectivity index (χ0v) is 10.8. The number of hydrogen-bond acceptors (Lipinski definition) is 3. The van der Waals surface area contributed by atoms with Crippen LogP contribution >= 0.6 is 0 Å². The molecule has 1 aromatic rings. The van der Waals surface area contributed by atoms with Crippen molar-refractivity contribution in [2.24, 2.45) is 5.41 Å². The Labute approximate surface area is 108 Å². The van der Waals surface area contributed by atoms with Crippen LogP contribution in [0.15, 0.2) is 24.3 Å². The molecule has 1 aromatic carbocycles. The average Bonchev–Trinajstić information content (AvgIpc) is 3.18. The van der Waals surface area contributed by atoms with Crippen molar-refractivity contribution in [3.8, 4) is 6.07 Å². The van der Waals surface area contributed by atoms with Gasteiger partial charge in [-0.2, -0.15) is 5.26 Å². The quantitative estimate of drug-likeness (QED) is 0.818. The van der Waals surface area contributed by atoms with Crippen molar-refractivity contribution in [3.05, 3.63) is 29.8 Å². The third-order valence-electron chi connectivity index (χ3n) is 4.24. The minimum absolute atomic E-state index is 0.485. The molecule has 1 aliphatic carbocycles. The summed E-state index contributed by atoms with van der Waals surface area (Å²) in [7, 11) is 0. The second-order valence-electron chi connectivity index (χ2n) is 5.77. The van der Waals surface area contributed by atoms with Crippen LogP contribution in [0.2, 0.25) is 0 Å². The van der Waals surface area contributed by atoms with Crippen LogP contribution in [0.3, 0.4) is 0 Å². The molecule has 0 bridgehead atoms. The van der Waals surface area contributed by atoms with Gasteiger partial charge in [0, 0.05) is 36.8 Å². The van der Waals surface area contributed by atoms with Crippen LogP contribution in [0.5, 0.6) is 0 Å². The zero-order valence-electron chi connectivity index (χ0n) is 10.8. The van der Waals surface area contributed by atoms with Crippen LogP contribution in [0.1, 0.15) is 25.3 Å². The maximum atomic E-state index is 9.02. The molecule has 3 rings (SSSR count). The molecule has 0 aromatic heterocycles. The summed E-state index contributed by atoms with van der Waals surface area (Å²) in [5.41, 5.74) is 2.44. The second-order valence-corrected chi connectivity index (χ2v) is 5.77. The molecule has 1 saturated heterocycles. The number of anilines is 1. The summed E-state index contributed by atoms with van der Waals surface area (Å²) in [4.78, 5) is 2.47. The van der Waals surface area contributed by atoms with Gasteiger partial charge in [0.25, 0.3) is 0 Å². The Kier molecular flexibility index (Phi) is 2.76. The maximum Gasteiger partial charge on any atom is 0.0992 e. The van der Waals surface area contributed by atoms with E-state index in [9.17, 15) is 0 Å². The summed E-state index contributed by atoms with van der Waals surface area (Å²) in [6, 6.07) is 10.7. The smallest absolute Gasteiger partial charge is 0.0992 e. The molecule has 1 saturated carbocycles. The van der Waals surface area contributed by atoms with Gasteiger partial charge in [0.1, 0.15) is 0 Å². The number of nitriles is 1. The molecule has 1 N–H and O–H groups in total. The number of hydrogen-bond donors (Lipinski definition) is 1. The van der Waals surface area contributed by atoms with Gasteiger partial charge in [-0.05, 0) is 38.0 Å². The van der Waals surface area contributed by atoms with E-state index in [-0.39, 0.29) is 0 Å². The van der Waals surface area contributed by atoms with Gasteiger partial charge in [-0.25, -0.2) is 0 Å². The first-order valence-corrected chi connectivity index (χ1v) is 6.70. The van der Waals surface area contributed by atoms with Gasteiger partial charge in [0.05, 0.1) is 11.6 Å². The van der Waals surface area contributed by atoms with Crippen LogP contribution in [0, 0.1) is 16.7 Å². The molecule has 1 atom stereocenters. The molecule has 3 heteroatoms. The van der Waals surface area contributed by atoms with Crippen LogP contribution in [-0.4, -0.2) is 25.7 Å². The summed E-state index contributed by atoms with van der Waals surface area (Å²) in [5, 5.41) is 12.6. The van der Waals surface area contributed by atoms with Gasteiger partial charge in [-0.3, -0.25) is 0 Å². The van der Waals surface area contributed by atoms with E-state index in [0.717, 1.165) is 25.2 Å². The Balaban J connectivity index is 1.90. The zero-order chi connectivity index (χ0) is 12.6. The van der Waals surface area contributed by atoms with Crippen LogP contribution in [-0.2, 0) is 0 Å². The molecule has 1 spiro atoms. The van der Waals surface area contributed by atoms with Gasteiger partial charge in [-0.15, -0.1) is 0 Å². The Morgan fingerprint density at radius 1 is 1.44 bits per heavy atom. The highest BCUT2D eigenvalue weighted by molar-refractivity contribution is 5.53. The first-order chi connectivity index (χ1) is 8.72. The van der Waals surface area contributed by atoms with Gasteiger partial charge < -0.3 is 10.2 Å². The molecule has 2 fully saturated rings. The van der Waals surface area contributed by atoms with Crippen LogP contribution in [0.25, 0.3) is 0 Å². The molecular weight excluding hydrogens is 222 g/mol. The largest absolute Gasteiger partial charge is 0.367 e. The third-order valence-corrected chi connectivity index (χ3v) is 4.24. The van der Waals surface area contributed by atoms with Crippen molar-refractivity contribution in [1.29, 1.82) is 5.26 Å². The Bertz CT molecular complexity index is 485. The number of nitrogens with one attached hydrogen (secondary N) is 1. The van der Waals surface area contributed by atoms with E-state index in [1.54, 1.807) is 0 Å². The molecule has 0 radical (unpaired) electrons. The van der Waals surface area contributed by atoms with Gasteiger partial charge >= 0.3 is 0 Å². The Morgan fingerprint density at radius 2 is 2.28 bits per heavy atom. The van der Waals surface area contributed by atoms with E-state index < -0.39 is 0 Å². The van der Waals surface area contributed by atoms with E-state index >= 15 is 0 Å². The van der Waals surface area contributed by atoms with Gasteiger partial charge in [-0.1, -0.05) is 6.07 Å². The van der Waals surface area contributed by atoms with Crippen molar-refractivity contribution in [3.63, 3.8) is 0 Å². The summed E-state index contributed by atoms with van der Waals surface area (Å²) >= 11 is 0. The molecule has 0 amide bonds. The van der Waals surface area contributed by atoms with Crippen molar-refractivity contribution >= 4 is 5.69 Å². The van der Waals surface area contributed by atoms with E-state index in [0.29, 0.717) is 11.5 Å². The molecule has 3 nitrogen and oxygen atoms in total. The van der Waals surface area contributed by atoms with Crippen molar-refractivity contribution in [1.82, 2.24) is 5.32 Å². The van der Waals surface area contributed by atoms with E-state index in [4.69, 9.17) is 5.26 Å². The first kappa shape index (κ1) is 11.6. The van der Waals surface area contributed by atoms with Crippen molar-refractivity contribution in [2.45, 2.75) is 25.8 Å².